The number of halogens is 3. The number of rotatable bonds is 11. The highest BCUT2D eigenvalue weighted by Crippen LogP contribution is 2.38. The lowest BCUT2D eigenvalue weighted by Gasteiger charge is -2.19. The number of amides is 1. The fourth-order valence-corrected chi connectivity index (χ4v) is 5.61. The average molecular weight is 734 g/mol. The monoisotopic (exact) mass is 733 g/mol. The number of methoxy groups -OCH3 is 1. The number of nitrogens with zero attached hydrogens (tertiary/aromatic N) is 2. The van der Waals surface area contributed by atoms with Crippen LogP contribution in [-0.2, 0) is 10.0 Å². The van der Waals surface area contributed by atoms with Crippen molar-refractivity contribution < 1.29 is 17.9 Å². The predicted octanol–water partition coefficient (Wildman–Crippen LogP) is 6.03. The molecule has 0 radical (unpaired) electrons. The smallest absolute Gasteiger partial charge is 0.253 e. The van der Waals surface area contributed by atoms with E-state index in [0.29, 0.717) is 34.7 Å². The summed E-state index contributed by atoms with van der Waals surface area (Å²) >= 11 is 2.22. The zero-order valence-electron chi connectivity index (χ0n) is 23.2. The van der Waals surface area contributed by atoms with Crippen LogP contribution in [0.2, 0.25) is 0 Å². The van der Waals surface area contributed by atoms with Crippen LogP contribution in [0.15, 0.2) is 54.6 Å². The number of anilines is 3. The first-order valence-corrected chi connectivity index (χ1v) is 15.6. The van der Waals surface area contributed by atoms with Crippen molar-refractivity contribution in [3.63, 3.8) is 0 Å². The Morgan fingerprint density at radius 1 is 1.02 bits per heavy atom. The number of carbonyl (C=O) groups is 1. The van der Waals surface area contributed by atoms with Gasteiger partial charge < -0.3 is 20.3 Å². The van der Waals surface area contributed by atoms with Crippen LogP contribution in [0.25, 0.3) is 21.8 Å². The molecule has 0 unspecified atom stereocenters. The molecule has 4 aromatic rings. The molecule has 3 N–H and O–H groups in total. The Kier molecular flexibility index (Phi) is 12.7. The number of para-hydroxylation sites is 1. The Labute approximate surface area is 266 Å². The number of pyridine rings is 1. The summed E-state index contributed by atoms with van der Waals surface area (Å²) < 4.78 is 32.4. The van der Waals surface area contributed by atoms with E-state index in [4.69, 9.17) is 9.72 Å². The second-order valence-electron chi connectivity index (χ2n) is 9.05. The van der Waals surface area contributed by atoms with Crippen molar-refractivity contribution in [2.24, 2.45) is 0 Å². The van der Waals surface area contributed by atoms with E-state index in [1.165, 1.54) is 7.11 Å². The van der Waals surface area contributed by atoms with E-state index in [1.807, 2.05) is 36.4 Å². The summed E-state index contributed by atoms with van der Waals surface area (Å²) in [6.45, 7) is 7.37. The topological polar surface area (TPSA) is 113 Å². The van der Waals surface area contributed by atoms with Gasteiger partial charge >= 0.3 is 0 Å². The minimum Gasteiger partial charge on any atom is -0.494 e. The van der Waals surface area contributed by atoms with Crippen molar-refractivity contribution in [2.75, 3.05) is 49.6 Å². The number of aromatic nitrogens is 1. The van der Waals surface area contributed by atoms with Gasteiger partial charge in [-0.3, -0.25) is 9.52 Å². The zero-order valence-corrected chi connectivity index (χ0v) is 27.8. The van der Waals surface area contributed by atoms with Gasteiger partial charge in [-0.1, -0.05) is 32.0 Å². The Bertz CT molecular complexity index is 1640. The highest BCUT2D eigenvalue weighted by atomic mass is 127. The van der Waals surface area contributed by atoms with E-state index in [0.717, 1.165) is 51.4 Å². The highest BCUT2D eigenvalue weighted by molar-refractivity contribution is 14.1. The maximum atomic E-state index is 13.4. The minimum absolute atomic E-state index is 0. The lowest BCUT2D eigenvalue weighted by molar-refractivity contribution is 0.0950. The molecule has 0 aliphatic rings. The van der Waals surface area contributed by atoms with Crippen LogP contribution in [0, 0.1) is 3.57 Å². The molecule has 1 aromatic heterocycles. The fraction of sp³-hybridized carbons (Fsp3) is 0.286. The van der Waals surface area contributed by atoms with Crippen molar-refractivity contribution >= 4 is 102 Å². The van der Waals surface area contributed by atoms with Crippen LogP contribution in [0.1, 0.15) is 24.2 Å². The number of carbonyl (C=O) groups excluding carboxylic acids is 1. The van der Waals surface area contributed by atoms with Crippen LogP contribution in [-0.4, -0.2) is 63.8 Å². The molecule has 1 heterocycles. The first-order chi connectivity index (χ1) is 18.6. The molecule has 0 fully saturated rings. The third-order valence-electron chi connectivity index (χ3n) is 6.37. The van der Waals surface area contributed by atoms with Gasteiger partial charge in [0.15, 0.2) is 0 Å². The third-order valence-corrected chi connectivity index (χ3v) is 7.60. The fourth-order valence-electron chi connectivity index (χ4n) is 4.44. The molecule has 0 atom stereocenters. The van der Waals surface area contributed by atoms with Gasteiger partial charge in [0.2, 0.25) is 10.0 Å². The molecular formula is C28H34Cl2IN5O4S. The standard InChI is InChI=1S/C28H32IN5O4S.2ClH/c1-5-34(6-2)14-13-30-28(35)22-16-18(29)15-21-26(20-9-7-8-10-23(20)31-27(21)22)32-24-12-11-19(17-25(24)38-3)33-39(4,36)37;;/h7-12,15-17,33H,5-6,13-14H2,1-4H3,(H,30,35)(H,31,32);2*1H. The Morgan fingerprint density at radius 2 is 1.73 bits per heavy atom. The SMILES string of the molecule is CCN(CC)CCNC(=O)c1cc(I)cc2c(Nc3ccc(NS(C)(=O)=O)cc3OC)c3ccccc3nc12.Cl.Cl. The summed E-state index contributed by atoms with van der Waals surface area (Å²) in [5.41, 5.74) is 3.63. The second kappa shape index (κ2) is 15.1. The normalized spacial score (nSPS) is 11.1. The molecule has 0 saturated heterocycles. The van der Waals surface area contributed by atoms with Gasteiger partial charge in [0.25, 0.3) is 5.91 Å². The van der Waals surface area contributed by atoms with Gasteiger partial charge in [-0.15, -0.1) is 24.8 Å². The first-order valence-electron chi connectivity index (χ1n) is 12.6. The number of sulfonamides is 1. The number of fused-ring (bicyclic) bond motifs is 2. The molecular weight excluding hydrogens is 700 g/mol. The number of hydrogen-bond acceptors (Lipinski definition) is 7. The lowest BCUT2D eigenvalue weighted by atomic mass is 10.0. The van der Waals surface area contributed by atoms with E-state index in [2.05, 4.69) is 56.7 Å². The molecule has 9 nitrogen and oxygen atoms in total. The molecule has 0 saturated carbocycles. The molecule has 0 aliphatic carbocycles. The number of likely N-dealkylation sites (N-methyl/N-ethyl adjacent to an activating group) is 1. The Morgan fingerprint density at radius 3 is 2.39 bits per heavy atom. The zero-order chi connectivity index (χ0) is 28.2. The quantitative estimate of drug-likeness (QED) is 0.128. The molecule has 41 heavy (non-hydrogen) atoms. The van der Waals surface area contributed by atoms with Gasteiger partial charge in [-0.2, -0.15) is 0 Å². The summed E-state index contributed by atoms with van der Waals surface area (Å²) in [6, 6.07) is 16.6. The van der Waals surface area contributed by atoms with Gasteiger partial charge in [0.05, 0.1) is 47.0 Å². The summed E-state index contributed by atoms with van der Waals surface area (Å²) in [4.78, 5) is 20.5. The molecule has 0 bridgehead atoms. The van der Waals surface area contributed by atoms with Crippen molar-refractivity contribution in [1.29, 1.82) is 0 Å². The van der Waals surface area contributed by atoms with Crippen LogP contribution < -0.4 is 20.1 Å². The largest absolute Gasteiger partial charge is 0.494 e. The average Bonchev–Trinajstić information content (AvgIpc) is 2.90. The van der Waals surface area contributed by atoms with Crippen LogP contribution in [0.3, 0.4) is 0 Å². The number of benzene rings is 3. The summed E-state index contributed by atoms with van der Waals surface area (Å²) in [5.74, 6) is 0.283. The molecule has 3 aromatic carbocycles. The number of hydrogen-bond donors (Lipinski definition) is 3. The minimum atomic E-state index is -3.44. The van der Waals surface area contributed by atoms with Gasteiger partial charge in [0.1, 0.15) is 5.75 Å². The van der Waals surface area contributed by atoms with E-state index in [9.17, 15) is 13.2 Å². The van der Waals surface area contributed by atoms with Gasteiger partial charge in [0, 0.05) is 33.5 Å². The van der Waals surface area contributed by atoms with Crippen molar-refractivity contribution in [3.8, 4) is 5.75 Å². The lowest BCUT2D eigenvalue weighted by Crippen LogP contribution is -2.35. The van der Waals surface area contributed by atoms with Crippen LogP contribution >= 0.6 is 47.4 Å². The predicted molar refractivity (Wildman–Crippen MR) is 181 cm³/mol. The van der Waals surface area contributed by atoms with E-state index >= 15 is 0 Å². The molecule has 1 amide bonds. The Hall–Kier alpha value is -2.58. The Balaban J connectivity index is 0.00000294. The van der Waals surface area contributed by atoms with Gasteiger partial charge in [-0.25, -0.2) is 13.4 Å². The summed E-state index contributed by atoms with van der Waals surface area (Å²) in [7, 11) is -1.91. The molecule has 0 spiro atoms. The second-order valence-corrected chi connectivity index (χ2v) is 12.0. The number of ether oxygens (including phenoxy) is 1. The third kappa shape index (κ3) is 8.48. The van der Waals surface area contributed by atoms with Crippen molar-refractivity contribution in [1.82, 2.24) is 15.2 Å². The van der Waals surface area contributed by atoms with E-state index in [-0.39, 0.29) is 30.7 Å². The molecule has 0 aliphatic heterocycles. The van der Waals surface area contributed by atoms with E-state index < -0.39 is 10.0 Å². The maximum Gasteiger partial charge on any atom is 0.253 e. The summed E-state index contributed by atoms with van der Waals surface area (Å²) in [6.07, 6.45) is 1.10. The molecule has 4 rings (SSSR count). The van der Waals surface area contributed by atoms with Crippen LogP contribution in [0.5, 0.6) is 5.75 Å². The van der Waals surface area contributed by atoms with Crippen molar-refractivity contribution in [2.45, 2.75) is 13.8 Å². The summed E-state index contributed by atoms with van der Waals surface area (Å²) in [5, 5.41) is 8.20. The van der Waals surface area contributed by atoms with E-state index in [1.54, 1.807) is 18.2 Å². The first kappa shape index (κ1) is 34.6. The van der Waals surface area contributed by atoms with Gasteiger partial charge in [-0.05, 0) is 66.0 Å². The maximum absolute atomic E-state index is 13.4. The van der Waals surface area contributed by atoms with Crippen LogP contribution in [0.4, 0.5) is 17.1 Å². The molecule has 13 heteroatoms. The molecule has 222 valence electrons. The van der Waals surface area contributed by atoms with Crippen molar-refractivity contribution in [3.05, 3.63) is 63.7 Å². The number of nitrogens with one attached hydrogen (secondary N) is 3. The highest BCUT2D eigenvalue weighted by Gasteiger charge is 2.19.